The zero-order valence-electron chi connectivity index (χ0n) is 13.2. The van der Waals surface area contributed by atoms with Gasteiger partial charge in [0.1, 0.15) is 5.02 Å². The fraction of sp³-hybridized carbons (Fsp3) is 0.188. The lowest BCUT2D eigenvalue weighted by Gasteiger charge is -2.05. The number of amides is 1. The van der Waals surface area contributed by atoms with Crippen LogP contribution in [0.4, 0.5) is 5.82 Å². The van der Waals surface area contributed by atoms with Gasteiger partial charge in [0.2, 0.25) is 0 Å². The Morgan fingerprint density at radius 1 is 1.16 bits per heavy atom. The summed E-state index contributed by atoms with van der Waals surface area (Å²) >= 11 is 18.2. The quantitative estimate of drug-likeness (QED) is 0.694. The SMILES string of the molecule is CCn1cc(C(=O)Nc2nn(Cc3ccc(Cl)cc3Cl)cc2Cl)cn1. The monoisotopic (exact) mass is 397 g/mol. The molecule has 0 spiro atoms. The number of carbonyl (C=O) groups excluding carboxylic acids is 1. The lowest BCUT2D eigenvalue weighted by Crippen LogP contribution is -2.12. The Morgan fingerprint density at radius 2 is 1.96 bits per heavy atom. The van der Waals surface area contributed by atoms with Crippen molar-refractivity contribution in [2.24, 2.45) is 0 Å². The Hall–Kier alpha value is -2.02. The largest absolute Gasteiger partial charge is 0.304 e. The highest BCUT2D eigenvalue weighted by Gasteiger charge is 2.14. The predicted molar refractivity (Wildman–Crippen MR) is 98.7 cm³/mol. The van der Waals surface area contributed by atoms with E-state index in [1.54, 1.807) is 33.9 Å². The van der Waals surface area contributed by atoms with Gasteiger partial charge in [-0.05, 0) is 24.6 Å². The van der Waals surface area contributed by atoms with Crippen molar-refractivity contribution in [3.05, 3.63) is 63.0 Å². The molecule has 1 N–H and O–H groups in total. The molecule has 0 atom stereocenters. The highest BCUT2D eigenvalue weighted by Crippen LogP contribution is 2.24. The Balaban J connectivity index is 1.74. The van der Waals surface area contributed by atoms with E-state index in [2.05, 4.69) is 15.5 Å². The third-order valence-electron chi connectivity index (χ3n) is 3.52. The normalized spacial score (nSPS) is 10.9. The molecule has 9 heteroatoms. The van der Waals surface area contributed by atoms with Crippen LogP contribution in [-0.2, 0) is 13.1 Å². The first-order chi connectivity index (χ1) is 12.0. The minimum absolute atomic E-state index is 0.279. The van der Waals surface area contributed by atoms with Crippen LogP contribution in [0.3, 0.4) is 0 Å². The molecule has 0 aliphatic rings. The first kappa shape index (κ1) is 17.8. The molecule has 25 heavy (non-hydrogen) atoms. The number of nitrogens with one attached hydrogen (secondary N) is 1. The number of aryl methyl sites for hydroxylation is 1. The summed E-state index contributed by atoms with van der Waals surface area (Å²) in [5, 5.41) is 12.5. The van der Waals surface area contributed by atoms with Crippen molar-refractivity contribution in [2.75, 3.05) is 5.32 Å². The van der Waals surface area contributed by atoms with Crippen LogP contribution < -0.4 is 5.32 Å². The van der Waals surface area contributed by atoms with Gasteiger partial charge in [-0.2, -0.15) is 10.2 Å². The number of anilines is 1. The fourth-order valence-corrected chi connectivity index (χ4v) is 2.89. The van der Waals surface area contributed by atoms with Gasteiger partial charge in [-0.15, -0.1) is 0 Å². The highest BCUT2D eigenvalue weighted by molar-refractivity contribution is 6.35. The zero-order valence-corrected chi connectivity index (χ0v) is 15.5. The van der Waals surface area contributed by atoms with E-state index in [1.165, 1.54) is 6.20 Å². The number of nitrogens with zero attached hydrogens (tertiary/aromatic N) is 4. The summed E-state index contributed by atoms with van der Waals surface area (Å²) in [4.78, 5) is 12.2. The number of halogens is 3. The first-order valence-electron chi connectivity index (χ1n) is 7.47. The lowest BCUT2D eigenvalue weighted by atomic mass is 10.2. The minimum Gasteiger partial charge on any atom is -0.304 e. The van der Waals surface area contributed by atoms with Crippen LogP contribution in [0.25, 0.3) is 0 Å². The molecule has 0 aliphatic heterocycles. The zero-order chi connectivity index (χ0) is 18.0. The molecular weight excluding hydrogens is 385 g/mol. The average Bonchev–Trinajstić information content (AvgIpc) is 3.17. The summed E-state index contributed by atoms with van der Waals surface area (Å²) in [5.74, 6) is -0.0441. The number of rotatable bonds is 5. The van der Waals surface area contributed by atoms with E-state index in [0.29, 0.717) is 33.7 Å². The molecule has 0 saturated heterocycles. The second kappa shape index (κ2) is 7.47. The van der Waals surface area contributed by atoms with E-state index in [1.807, 2.05) is 13.0 Å². The topological polar surface area (TPSA) is 64.7 Å². The van der Waals surface area contributed by atoms with Gasteiger partial charge in [-0.3, -0.25) is 14.2 Å². The molecule has 0 bridgehead atoms. The molecule has 0 aliphatic carbocycles. The summed E-state index contributed by atoms with van der Waals surface area (Å²) in [5.41, 5.74) is 1.28. The minimum atomic E-state index is -0.323. The van der Waals surface area contributed by atoms with Gasteiger partial charge in [0.05, 0.1) is 18.3 Å². The molecule has 130 valence electrons. The molecule has 2 heterocycles. The molecule has 0 radical (unpaired) electrons. The second-order valence-electron chi connectivity index (χ2n) is 5.30. The third kappa shape index (κ3) is 4.15. The van der Waals surface area contributed by atoms with Gasteiger partial charge in [0, 0.05) is 29.0 Å². The number of carbonyl (C=O) groups is 1. The molecule has 2 aromatic heterocycles. The molecular formula is C16H14Cl3N5O. The standard InChI is InChI=1S/C16H14Cl3N5O/c1-2-23-8-11(6-20-23)16(25)21-15-14(19)9-24(22-15)7-10-3-4-12(17)5-13(10)18/h3-6,8-9H,2,7H2,1H3,(H,21,22,25). The summed E-state index contributed by atoms with van der Waals surface area (Å²) in [7, 11) is 0. The van der Waals surface area contributed by atoms with Crippen LogP contribution in [0.2, 0.25) is 15.1 Å². The Bertz CT molecular complexity index is 918. The van der Waals surface area contributed by atoms with Crippen LogP contribution in [0.5, 0.6) is 0 Å². The second-order valence-corrected chi connectivity index (χ2v) is 6.55. The van der Waals surface area contributed by atoms with E-state index in [9.17, 15) is 4.79 Å². The summed E-state index contributed by atoms with van der Waals surface area (Å²) in [6.45, 7) is 3.03. The van der Waals surface area contributed by atoms with Crippen molar-refractivity contribution >= 4 is 46.5 Å². The Kier molecular flexibility index (Phi) is 5.32. The summed E-state index contributed by atoms with van der Waals surface area (Å²) in [6.07, 6.45) is 4.78. The lowest BCUT2D eigenvalue weighted by molar-refractivity contribution is 0.102. The van der Waals surface area contributed by atoms with Crippen molar-refractivity contribution in [1.82, 2.24) is 19.6 Å². The van der Waals surface area contributed by atoms with Crippen molar-refractivity contribution in [3.63, 3.8) is 0 Å². The van der Waals surface area contributed by atoms with Gasteiger partial charge < -0.3 is 5.32 Å². The molecule has 0 fully saturated rings. The van der Waals surface area contributed by atoms with Crippen molar-refractivity contribution < 1.29 is 4.79 Å². The molecule has 1 aromatic carbocycles. The third-order valence-corrected chi connectivity index (χ3v) is 4.38. The maximum absolute atomic E-state index is 12.2. The van der Waals surface area contributed by atoms with Gasteiger partial charge in [-0.1, -0.05) is 40.9 Å². The first-order valence-corrected chi connectivity index (χ1v) is 8.60. The fourth-order valence-electron chi connectivity index (χ4n) is 2.22. The van der Waals surface area contributed by atoms with E-state index in [-0.39, 0.29) is 11.7 Å². The van der Waals surface area contributed by atoms with E-state index < -0.39 is 0 Å². The van der Waals surface area contributed by atoms with Crippen LogP contribution >= 0.6 is 34.8 Å². The van der Waals surface area contributed by atoms with E-state index in [4.69, 9.17) is 34.8 Å². The molecule has 1 amide bonds. The van der Waals surface area contributed by atoms with Gasteiger partial charge in [-0.25, -0.2) is 0 Å². The molecule has 0 saturated carbocycles. The van der Waals surface area contributed by atoms with Gasteiger partial charge in [0.25, 0.3) is 5.91 Å². The van der Waals surface area contributed by atoms with Crippen LogP contribution in [0.15, 0.2) is 36.8 Å². The molecule has 3 rings (SSSR count). The number of benzene rings is 1. The number of aromatic nitrogens is 4. The highest BCUT2D eigenvalue weighted by atomic mass is 35.5. The number of hydrogen-bond donors (Lipinski definition) is 1. The Labute approximate surface area is 159 Å². The molecule has 3 aromatic rings. The van der Waals surface area contributed by atoms with Gasteiger partial charge in [0.15, 0.2) is 5.82 Å². The van der Waals surface area contributed by atoms with Crippen molar-refractivity contribution in [1.29, 1.82) is 0 Å². The molecule has 6 nitrogen and oxygen atoms in total. The van der Waals surface area contributed by atoms with Crippen molar-refractivity contribution in [3.8, 4) is 0 Å². The number of hydrogen-bond acceptors (Lipinski definition) is 3. The summed E-state index contributed by atoms with van der Waals surface area (Å²) < 4.78 is 3.26. The van der Waals surface area contributed by atoms with Crippen LogP contribution in [0, 0.1) is 0 Å². The maximum atomic E-state index is 12.2. The van der Waals surface area contributed by atoms with E-state index >= 15 is 0 Å². The predicted octanol–water partition coefficient (Wildman–Crippen LogP) is 4.36. The van der Waals surface area contributed by atoms with Gasteiger partial charge >= 0.3 is 0 Å². The maximum Gasteiger partial charge on any atom is 0.260 e. The smallest absolute Gasteiger partial charge is 0.260 e. The average molecular weight is 399 g/mol. The Morgan fingerprint density at radius 3 is 2.64 bits per heavy atom. The summed E-state index contributed by atoms with van der Waals surface area (Å²) in [6, 6.07) is 5.23. The molecule has 0 unspecified atom stereocenters. The van der Waals surface area contributed by atoms with E-state index in [0.717, 1.165) is 5.56 Å². The van der Waals surface area contributed by atoms with Crippen LogP contribution in [-0.4, -0.2) is 25.5 Å². The van der Waals surface area contributed by atoms with Crippen LogP contribution in [0.1, 0.15) is 22.8 Å². The van der Waals surface area contributed by atoms with Crippen molar-refractivity contribution in [2.45, 2.75) is 20.0 Å².